The van der Waals surface area contributed by atoms with E-state index >= 15 is 0 Å². The zero-order valence-corrected chi connectivity index (χ0v) is 14.9. The minimum atomic E-state index is 0.525. The van der Waals surface area contributed by atoms with Crippen molar-refractivity contribution in [2.75, 3.05) is 33.4 Å². The second kappa shape index (κ2) is 11.8. The van der Waals surface area contributed by atoms with Gasteiger partial charge < -0.3 is 20.1 Å². The number of nitrogens with one attached hydrogen (secondary N) is 2. The summed E-state index contributed by atoms with van der Waals surface area (Å²) in [5.41, 5.74) is 1.17. The molecule has 0 aliphatic carbocycles. The van der Waals surface area contributed by atoms with E-state index < -0.39 is 0 Å². The Balaban J connectivity index is 2.35. The van der Waals surface area contributed by atoms with Gasteiger partial charge >= 0.3 is 0 Å². The maximum Gasteiger partial charge on any atom is 0.191 e. The third-order valence-corrected chi connectivity index (χ3v) is 3.13. The van der Waals surface area contributed by atoms with Crippen LogP contribution >= 0.6 is 0 Å². The Kier molecular flexibility index (Phi) is 9.87. The molecule has 0 fully saturated rings. The van der Waals surface area contributed by atoms with Gasteiger partial charge in [0.2, 0.25) is 0 Å². The predicted molar refractivity (Wildman–Crippen MR) is 96.1 cm³/mol. The van der Waals surface area contributed by atoms with Crippen molar-refractivity contribution in [2.45, 2.75) is 33.7 Å². The van der Waals surface area contributed by atoms with E-state index in [-0.39, 0.29) is 0 Å². The maximum absolute atomic E-state index is 5.76. The first-order valence-electron chi connectivity index (χ1n) is 8.39. The molecule has 0 saturated carbocycles. The van der Waals surface area contributed by atoms with Crippen LogP contribution in [0.1, 0.15) is 32.8 Å². The molecule has 130 valence electrons. The molecule has 0 atom stereocenters. The summed E-state index contributed by atoms with van der Waals surface area (Å²) < 4.78 is 11.1. The quantitative estimate of drug-likeness (QED) is 0.395. The molecule has 5 heteroatoms. The highest BCUT2D eigenvalue weighted by atomic mass is 16.5. The van der Waals surface area contributed by atoms with E-state index in [1.807, 2.05) is 19.1 Å². The van der Waals surface area contributed by atoms with Gasteiger partial charge in [-0.1, -0.05) is 26.0 Å². The minimum Gasteiger partial charge on any atom is -0.493 e. The summed E-state index contributed by atoms with van der Waals surface area (Å²) in [6.07, 6.45) is 0.965. The van der Waals surface area contributed by atoms with Gasteiger partial charge in [0.15, 0.2) is 5.96 Å². The molecule has 5 nitrogen and oxygen atoms in total. The van der Waals surface area contributed by atoms with Crippen LogP contribution in [0.5, 0.6) is 5.75 Å². The first kappa shape index (κ1) is 19.3. The van der Waals surface area contributed by atoms with E-state index in [9.17, 15) is 0 Å². The molecule has 0 amide bonds. The number of nitrogens with zero attached hydrogens (tertiary/aromatic N) is 1. The molecule has 0 saturated heterocycles. The van der Waals surface area contributed by atoms with E-state index in [0.717, 1.165) is 44.5 Å². The van der Waals surface area contributed by atoms with Gasteiger partial charge in [-0.25, -0.2) is 0 Å². The SMILES string of the molecule is CCOCCCNC(=NC)NCc1cccc(OCC(C)C)c1. The molecule has 2 N–H and O–H groups in total. The number of guanidine groups is 1. The minimum absolute atomic E-state index is 0.525. The smallest absolute Gasteiger partial charge is 0.191 e. The van der Waals surface area contributed by atoms with Crippen molar-refractivity contribution in [1.82, 2.24) is 10.6 Å². The molecular weight excluding hydrogens is 290 g/mol. The molecule has 1 aromatic rings. The fourth-order valence-electron chi connectivity index (χ4n) is 1.94. The molecule has 0 bridgehead atoms. The summed E-state index contributed by atoms with van der Waals surface area (Å²) in [6, 6.07) is 8.16. The van der Waals surface area contributed by atoms with Crippen LogP contribution in [0.15, 0.2) is 29.3 Å². The summed E-state index contributed by atoms with van der Waals surface area (Å²) >= 11 is 0. The van der Waals surface area contributed by atoms with Crippen LogP contribution in [-0.4, -0.2) is 39.4 Å². The first-order valence-corrected chi connectivity index (χ1v) is 8.39. The van der Waals surface area contributed by atoms with E-state index in [1.54, 1.807) is 7.05 Å². The van der Waals surface area contributed by atoms with Gasteiger partial charge in [0.05, 0.1) is 6.61 Å². The standard InChI is InChI=1S/C18H31N3O2/c1-5-22-11-7-10-20-18(19-4)21-13-16-8-6-9-17(12-16)23-14-15(2)3/h6,8-9,12,15H,5,7,10-11,13-14H2,1-4H3,(H2,19,20,21). The van der Waals surface area contributed by atoms with Crippen molar-refractivity contribution in [1.29, 1.82) is 0 Å². The van der Waals surface area contributed by atoms with Crippen LogP contribution in [-0.2, 0) is 11.3 Å². The van der Waals surface area contributed by atoms with Crippen LogP contribution in [0, 0.1) is 5.92 Å². The largest absolute Gasteiger partial charge is 0.493 e. The highest BCUT2D eigenvalue weighted by Crippen LogP contribution is 2.14. The van der Waals surface area contributed by atoms with Crippen LogP contribution in [0.25, 0.3) is 0 Å². The van der Waals surface area contributed by atoms with Crippen LogP contribution < -0.4 is 15.4 Å². The number of hydrogen-bond acceptors (Lipinski definition) is 3. The van der Waals surface area contributed by atoms with Gasteiger partial charge in [-0.05, 0) is 37.0 Å². The molecule has 0 radical (unpaired) electrons. The normalized spacial score (nSPS) is 11.6. The highest BCUT2D eigenvalue weighted by Gasteiger charge is 2.01. The number of hydrogen-bond donors (Lipinski definition) is 2. The number of ether oxygens (including phenoxy) is 2. The zero-order chi connectivity index (χ0) is 16.9. The maximum atomic E-state index is 5.76. The lowest BCUT2D eigenvalue weighted by Gasteiger charge is -2.13. The van der Waals surface area contributed by atoms with Gasteiger partial charge in [0, 0.05) is 33.4 Å². The number of rotatable bonds is 10. The van der Waals surface area contributed by atoms with E-state index in [4.69, 9.17) is 9.47 Å². The van der Waals surface area contributed by atoms with Crippen molar-refractivity contribution in [3.05, 3.63) is 29.8 Å². The van der Waals surface area contributed by atoms with Crippen molar-refractivity contribution in [3.8, 4) is 5.75 Å². The Hall–Kier alpha value is -1.75. The second-order valence-corrected chi connectivity index (χ2v) is 5.76. The summed E-state index contributed by atoms with van der Waals surface area (Å²) in [5.74, 6) is 2.24. The summed E-state index contributed by atoms with van der Waals surface area (Å²) in [7, 11) is 1.78. The summed E-state index contributed by atoms with van der Waals surface area (Å²) in [6.45, 7) is 10.1. The van der Waals surface area contributed by atoms with Crippen molar-refractivity contribution in [2.24, 2.45) is 10.9 Å². The highest BCUT2D eigenvalue weighted by molar-refractivity contribution is 5.79. The van der Waals surface area contributed by atoms with Crippen molar-refractivity contribution < 1.29 is 9.47 Å². The van der Waals surface area contributed by atoms with Crippen LogP contribution in [0.3, 0.4) is 0 Å². The topological polar surface area (TPSA) is 54.9 Å². The lowest BCUT2D eigenvalue weighted by Crippen LogP contribution is -2.37. The molecule has 1 aromatic carbocycles. The molecular formula is C18H31N3O2. The summed E-state index contributed by atoms with van der Waals surface area (Å²) in [4.78, 5) is 4.23. The van der Waals surface area contributed by atoms with Gasteiger partial charge in [0.1, 0.15) is 5.75 Å². The zero-order valence-electron chi connectivity index (χ0n) is 14.9. The number of aliphatic imine (C=N–C) groups is 1. The fraction of sp³-hybridized carbons (Fsp3) is 0.611. The van der Waals surface area contributed by atoms with E-state index in [0.29, 0.717) is 12.5 Å². The molecule has 0 aliphatic rings. The molecule has 23 heavy (non-hydrogen) atoms. The lowest BCUT2D eigenvalue weighted by atomic mass is 10.2. The average molecular weight is 321 g/mol. The Bertz CT molecular complexity index is 461. The average Bonchev–Trinajstić information content (AvgIpc) is 2.56. The predicted octanol–water partition coefficient (Wildman–Crippen LogP) is 2.81. The van der Waals surface area contributed by atoms with Crippen molar-refractivity contribution in [3.63, 3.8) is 0 Å². The molecule has 1 rings (SSSR count). The third-order valence-electron chi connectivity index (χ3n) is 3.13. The van der Waals surface area contributed by atoms with Crippen LogP contribution in [0.2, 0.25) is 0 Å². The van der Waals surface area contributed by atoms with E-state index in [2.05, 4.69) is 41.6 Å². The third kappa shape index (κ3) is 9.08. The lowest BCUT2D eigenvalue weighted by molar-refractivity contribution is 0.145. The van der Waals surface area contributed by atoms with Gasteiger partial charge in [-0.15, -0.1) is 0 Å². The molecule has 0 aromatic heterocycles. The number of benzene rings is 1. The van der Waals surface area contributed by atoms with Gasteiger partial charge in [-0.3, -0.25) is 4.99 Å². The van der Waals surface area contributed by atoms with E-state index in [1.165, 1.54) is 5.56 Å². The van der Waals surface area contributed by atoms with Gasteiger partial charge in [-0.2, -0.15) is 0 Å². The monoisotopic (exact) mass is 321 g/mol. The Morgan fingerprint density at radius 3 is 2.78 bits per heavy atom. The first-order chi connectivity index (χ1) is 11.2. The Morgan fingerprint density at radius 1 is 1.26 bits per heavy atom. The molecule has 0 unspecified atom stereocenters. The van der Waals surface area contributed by atoms with Gasteiger partial charge in [0.25, 0.3) is 0 Å². The summed E-state index contributed by atoms with van der Waals surface area (Å²) in [5, 5.41) is 6.59. The molecule has 0 aliphatic heterocycles. The Morgan fingerprint density at radius 2 is 2.09 bits per heavy atom. The molecule has 0 spiro atoms. The fourth-order valence-corrected chi connectivity index (χ4v) is 1.94. The van der Waals surface area contributed by atoms with Crippen LogP contribution in [0.4, 0.5) is 0 Å². The molecule has 0 heterocycles. The van der Waals surface area contributed by atoms with Crippen molar-refractivity contribution >= 4 is 5.96 Å². The second-order valence-electron chi connectivity index (χ2n) is 5.76. The Labute approximate surface area is 140 Å².